The molecule has 1 aliphatic heterocycles. The maximum absolute atomic E-state index is 11.4. The molecule has 0 aromatic rings. The molecule has 1 amide bonds. The van der Waals surface area contributed by atoms with Crippen LogP contribution in [0.25, 0.3) is 0 Å². The predicted molar refractivity (Wildman–Crippen MR) is 51.0 cm³/mol. The predicted octanol–water partition coefficient (Wildman–Crippen LogP) is 0.662. The molecule has 1 fully saturated rings. The van der Waals surface area contributed by atoms with Crippen molar-refractivity contribution in [3.8, 4) is 0 Å². The van der Waals surface area contributed by atoms with Crippen LogP contribution in [0.1, 0.15) is 14.4 Å². The molecule has 1 rings (SSSR count). The van der Waals surface area contributed by atoms with Gasteiger partial charge in [0.15, 0.2) is 0 Å². The van der Waals surface area contributed by atoms with Crippen molar-refractivity contribution in [2.45, 2.75) is 14.4 Å². The average Bonchev–Trinajstić information content (AvgIpc) is 2.05. The van der Waals surface area contributed by atoms with E-state index in [1.165, 1.54) is 0 Å². The van der Waals surface area contributed by atoms with Gasteiger partial charge in [-0.2, -0.15) is 0 Å². The Kier molecular flexibility index (Phi) is 4.24. The van der Waals surface area contributed by atoms with Crippen LogP contribution in [0.3, 0.4) is 0 Å². The minimum absolute atomic E-state index is 0. The number of hydrogen-bond donors (Lipinski definition) is 0. The van der Waals surface area contributed by atoms with Crippen LogP contribution in [-0.4, -0.2) is 49.4 Å². The quantitative estimate of drug-likeness (QED) is 0.536. The van der Waals surface area contributed by atoms with E-state index in [2.05, 4.69) is 11.9 Å². The molecule has 0 aliphatic carbocycles. The highest BCUT2D eigenvalue weighted by Gasteiger charge is 2.22. The van der Waals surface area contributed by atoms with Gasteiger partial charge in [0.1, 0.15) is 0 Å². The molecule has 72 valence electrons. The van der Waals surface area contributed by atoms with Crippen LogP contribution in [-0.2, 0) is 4.79 Å². The summed E-state index contributed by atoms with van der Waals surface area (Å²) in [6.45, 7) is 4.73. The maximum atomic E-state index is 11.4. The Balaban J connectivity index is 0.00000121. The highest BCUT2D eigenvalue weighted by Crippen LogP contribution is 2.06. The van der Waals surface area contributed by atoms with E-state index < -0.39 is 0 Å². The van der Waals surface area contributed by atoms with E-state index in [1.807, 2.05) is 18.9 Å². The molecule has 0 saturated carbocycles. The maximum Gasteiger partial charge on any atom is 0.226 e. The highest BCUT2D eigenvalue weighted by molar-refractivity contribution is 5.78. The standard InChI is InChI=1S/C8H16N2O.CH4/c1-7-6-9(2)4-5-10(3)8(7)11;/h7H,4-6H2,1-3H3;1H4. The second-order valence-electron chi connectivity index (χ2n) is 3.42. The zero-order valence-corrected chi connectivity index (χ0v) is 7.50. The number of nitrogens with zero attached hydrogens (tertiary/aromatic N) is 2. The van der Waals surface area contributed by atoms with Gasteiger partial charge in [-0.3, -0.25) is 4.79 Å². The summed E-state index contributed by atoms with van der Waals surface area (Å²) in [5, 5.41) is 0. The Hall–Kier alpha value is -0.570. The first-order valence-electron chi connectivity index (χ1n) is 4.05. The van der Waals surface area contributed by atoms with Crippen molar-refractivity contribution in [2.24, 2.45) is 5.92 Å². The van der Waals surface area contributed by atoms with Crippen LogP contribution in [0.5, 0.6) is 0 Å². The summed E-state index contributed by atoms with van der Waals surface area (Å²) in [6, 6.07) is 0. The van der Waals surface area contributed by atoms with Gasteiger partial charge in [-0.05, 0) is 7.05 Å². The minimum atomic E-state index is 0. The van der Waals surface area contributed by atoms with E-state index >= 15 is 0 Å². The minimum Gasteiger partial charge on any atom is -0.344 e. The smallest absolute Gasteiger partial charge is 0.226 e. The number of hydrogen-bond acceptors (Lipinski definition) is 2. The fraction of sp³-hybridized carbons (Fsp3) is 0.889. The molecule has 0 radical (unpaired) electrons. The molecule has 0 aromatic carbocycles. The van der Waals surface area contributed by atoms with Gasteiger partial charge in [0.2, 0.25) is 5.91 Å². The van der Waals surface area contributed by atoms with Gasteiger partial charge in [0.25, 0.3) is 0 Å². The van der Waals surface area contributed by atoms with Gasteiger partial charge in [-0.25, -0.2) is 0 Å². The van der Waals surface area contributed by atoms with Crippen LogP contribution in [0.15, 0.2) is 0 Å². The first-order valence-corrected chi connectivity index (χ1v) is 4.05. The average molecular weight is 172 g/mol. The SMILES string of the molecule is C.CC1CN(C)CCN(C)C1=O. The lowest BCUT2D eigenvalue weighted by molar-refractivity contribution is -0.132. The summed E-state index contributed by atoms with van der Waals surface area (Å²) < 4.78 is 0. The highest BCUT2D eigenvalue weighted by atomic mass is 16.2. The Labute approximate surface area is 75.3 Å². The molecule has 3 nitrogen and oxygen atoms in total. The Bertz CT molecular complexity index is 159. The number of carbonyl (C=O) groups is 1. The van der Waals surface area contributed by atoms with Crippen LogP contribution >= 0.6 is 0 Å². The van der Waals surface area contributed by atoms with Crippen LogP contribution in [0.2, 0.25) is 0 Å². The molecule has 0 aromatic heterocycles. The van der Waals surface area contributed by atoms with Crippen molar-refractivity contribution < 1.29 is 4.79 Å². The van der Waals surface area contributed by atoms with Crippen molar-refractivity contribution in [2.75, 3.05) is 33.7 Å². The third kappa shape index (κ3) is 2.48. The lowest BCUT2D eigenvalue weighted by atomic mass is 10.1. The third-order valence-corrected chi connectivity index (χ3v) is 2.20. The van der Waals surface area contributed by atoms with E-state index in [4.69, 9.17) is 0 Å². The molecule has 1 heterocycles. The topological polar surface area (TPSA) is 23.6 Å². The van der Waals surface area contributed by atoms with E-state index in [1.54, 1.807) is 0 Å². The normalized spacial score (nSPS) is 26.4. The molecule has 3 heteroatoms. The molecule has 1 atom stereocenters. The number of rotatable bonds is 0. The van der Waals surface area contributed by atoms with Gasteiger partial charge in [0.05, 0.1) is 0 Å². The van der Waals surface area contributed by atoms with Crippen molar-refractivity contribution in [1.82, 2.24) is 9.80 Å². The lowest BCUT2D eigenvalue weighted by Crippen LogP contribution is -2.31. The summed E-state index contributed by atoms with van der Waals surface area (Å²) in [5.41, 5.74) is 0. The van der Waals surface area contributed by atoms with Gasteiger partial charge < -0.3 is 9.80 Å². The van der Waals surface area contributed by atoms with Crippen LogP contribution < -0.4 is 0 Å². The molecular weight excluding hydrogens is 152 g/mol. The second kappa shape index (κ2) is 4.45. The summed E-state index contributed by atoms with van der Waals surface area (Å²) in [5.74, 6) is 0.432. The van der Waals surface area contributed by atoms with E-state index in [-0.39, 0.29) is 19.3 Å². The lowest BCUT2D eigenvalue weighted by Gasteiger charge is -2.15. The Morgan fingerprint density at radius 2 is 1.92 bits per heavy atom. The summed E-state index contributed by atoms with van der Waals surface area (Å²) in [4.78, 5) is 15.4. The summed E-state index contributed by atoms with van der Waals surface area (Å²) >= 11 is 0. The van der Waals surface area contributed by atoms with E-state index in [0.717, 1.165) is 19.6 Å². The van der Waals surface area contributed by atoms with Gasteiger partial charge in [-0.1, -0.05) is 14.4 Å². The fourth-order valence-electron chi connectivity index (χ4n) is 1.44. The van der Waals surface area contributed by atoms with Gasteiger partial charge >= 0.3 is 0 Å². The zero-order valence-electron chi connectivity index (χ0n) is 7.50. The van der Waals surface area contributed by atoms with Gasteiger partial charge in [-0.15, -0.1) is 0 Å². The molecule has 0 bridgehead atoms. The van der Waals surface area contributed by atoms with Crippen molar-refractivity contribution in [3.05, 3.63) is 0 Å². The molecule has 0 N–H and O–H groups in total. The molecule has 1 aliphatic rings. The molecule has 1 unspecified atom stereocenters. The Morgan fingerprint density at radius 1 is 1.33 bits per heavy atom. The fourth-order valence-corrected chi connectivity index (χ4v) is 1.44. The molecule has 12 heavy (non-hydrogen) atoms. The number of amides is 1. The Morgan fingerprint density at radius 3 is 2.50 bits per heavy atom. The number of carbonyl (C=O) groups excluding carboxylic acids is 1. The van der Waals surface area contributed by atoms with Gasteiger partial charge in [0, 0.05) is 32.6 Å². The third-order valence-electron chi connectivity index (χ3n) is 2.20. The largest absolute Gasteiger partial charge is 0.344 e. The van der Waals surface area contributed by atoms with Crippen molar-refractivity contribution >= 4 is 5.91 Å². The number of likely N-dealkylation sites (N-methyl/N-ethyl adjacent to an activating group) is 2. The molecule has 1 saturated heterocycles. The van der Waals surface area contributed by atoms with E-state index in [9.17, 15) is 4.79 Å². The second-order valence-corrected chi connectivity index (χ2v) is 3.42. The monoisotopic (exact) mass is 172 g/mol. The van der Waals surface area contributed by atoms with E-state index in [0.29, 0.717) is 0 Å². The summed E-state index contributed by atoms with van der Waals surface area (Å²) in [6.07, 6.45) is 0. The molecular formula is C9H20N2O. The van der Waals surface area contributed by atoms with Crippen LogP contribution in [0.4, 0.5) is 0 Å². The first-order chi connectivity index (χ1) is 5.11. The zero-order chi connectivity index (χ0) is 8.43. The van der Waals surface area contributed by atoms with Crippen molar-refractivity contribution in [3.63, 3.8) is 0 Å². The van der Waals surface area contributed by atoms with Crippen molar-refractivity contribution in [1.29, 1.82) is 0 Å². The van der Waals surface area contributed by atoms with Crippen LogP contribution in [0, 0.1) is 5.92 Å². The first kappa shape index (κ1) is 11.4. The summed E-state index contributed by atoms with van der Waals surface area (Å²) in [7, 11) is 3.93. The molecule has 0 spiro atoms.